The Morgan fingerprint density at radius 1 is 1.45 bits per heavy atom. The molecule has 0 amide bonds. The van der Waals surface area contributed by atoms with Gasteiger partial charge in [-0.05, 0) is 47.7 Å². The molecule has 0 spiro atoms. The van der Waals surface area contributed by atoms with Crippen LogP contribution < -0.4 is 0 Å². The molecule has 1 aliphatic rings. The topological polar surface area (TPSA) is 12.9 Å². The predicted molar refractivity (Wildman–Crippen MR) is 87.7 cm³/mol. The Balaban J connectivity index is 1.84. The second-order valence-electron chi connectivity index (χ2n) is 4.71. The van der Waals surface area contributed by atoms with Gasteiger partial charge in [-0.1, -0.05) is 37.4 Å². The van der Waals surface area contributed by atoms with E-state index < -0.39 is 6.85 Å². The number of pyridine rings is 1. The fraction of sp³-hybridized carbons (Fsp3) is 0.167. The fourth-order valence-electron chi connectivity index (χ4n) is 2.22. The smallest absolute Gasteiger partial charge is 0.0656 e. The monoisotopic (exact) mass is 284 g/mol. The number of benzene rings is 1. The van der Waals surface area contributed by atoms with Crippen LogP contribution in [0, 0.1) is 6.85 Å². The van der Waals surface area contributed by atoms with Crippen molar-refractivity contribution in [2.75, 3.05) is 0 Å². The van der Waals surface area contributed by atoms with Crippen LogP contribution in [0.3, 0.4) is 0 Å². The maximum atomic E-state index is 8.11. The maximum absolute atomic E-state index is 8.11. The fourth-order valence-corrected chi connectivity index (χ4v) is 3.56. The van der Waals surface area contributed by atoms with Crippen molar-refractivity contribution in [1.82, 2.24) is 4.98 Å². The highest BCUT2D eigenvalue weighted by Gasteiger charge is 2.26. The molecule has 1 nitrogen and oxygen atoms in total. The Morgan fingerprint density at radius 2 is 2.30 bits per heavy atom. The molecule has 0 saturated carbocycles. The molecule has 1 unspecified atom stereocenters. The zero-order chi connectivity index (χ0) is 18.4. The van der Waals surface area contributed by atoms with Crippen molar-refractivity contribution in [1.29, 1.82) is 0 Å². The summed E-state index contributed by atoms with van der Waals surface area (Å²) in [5.74, 6) is 0. The second-order valence-corrected chi connectivity index (χ2v) is 5.95. The van der Waals surface area contributed by atoms with Gasteiger partial charge in [-0.15, -0.1) is 11.8 Å². The first-order chi connectivity index (χ1) is 11.7. The van der Waals surface area contributed by atoms with E-state index in [-0.39, 0.29) is 28.6 Å². The third kappa shape index (κ3) is 2.44. The molecule has 0 saturated heterocycles. The van der Waals surface area contributed by atoms with Crippen molar-refractivity contribution in [3.8, 4) is 0 Å². The minimum absolute atomic E-state index is 0.0996. The largest absolute Gasteiger partial charge is 0.256 e. The lowest BCUT2D eigenvalue weighted by Gasteiger charge is -2.12. The SMILES string of the molecule is [2H]c1c(C([2H])([2H])[2H])cnc(C(=C)CC2Sc3ccccc3C2=C)c1[2H]. The number of thioether (sulfide) groups is 1. The predicted octanol–water partition coefficient (Wildman–Crippen LogP) is 4.98. The summed E-state index contributed by atoms with van der Waals surface area (Å²) in [6.07, 6.45) is 1.71. The molecule has 3 rings (SSSR count). The van der Waals surface area contributed by atoms with Crippen molar-refractivity contribution in [3.05, 3.63) is 72.5 Å². The molecule has 0 N–H and O–H groups in total. The molecule has 0 aliphatic carbocycles. The molecule has 0 bridgehead atoms. The van der Waals surface area contributed by atoms with Gasteiger partial charge in [0, 0.05) is 20.5 Å². The highest BCUT2D eigenvalue weighted by atomic mass is 32.2. The van der Waals surface area contributed by atoms with Crippen LogP contribution in [-0.4, -0.2) is 10.2 Å². The first kappa shape index (κ1) is 8.48. The molecule has 1 atom stereocenters. The second kappa shape index (κ2) is 5.29. The van der Waals surface area contributed by atoms with Crippen molar-refractivity contribution < 1.29 is 6.85 Å². The van der Waals surface area contributed by atoms with E-state index >= 15 is 0 Å². The van der Waals surface area contributed by atoms with E-state index in [1.165, 1.54) is 11.1 Å². The number of aryl methyl sites for hydroxylation is 1. The molecule has 0 radical (unpaired) electrons. The summed E-state index contributed by atoms with van der Waals surface area (Å²) >= 11 is 1.70. The molecule has 100 valence electrons. The van der Waals surface area contributed by atoms with Gasteiger partial charge >= 0.3 is 0 Å². The number of hydrogen-bond donors (Lipinski definition) is 0. The van der Waals surface area contributed by atoms with Crippen LogP contribution in [-0.2, 0) is 0 Å². The highest BCUT2D eigenvalue weighted by Crippen LogP contribution is 2.46. The summed E-state index contributed by atoms with van der Waals surface area (Å²) in [5, 5.41) is 0.0996. The maximum Gasteiger partial charge on any atom is 0.0656 e. The first-order valence-electron chi connectivity index (χ1n) is 8.80. The molecule has 0 fully saturated rings. The minimum Gasteiger partial charge on any atom is -0.256 e. The summed E-state index contributed by atoms with van der Waals surface area (Å²) in [7, 11) is 0. The summed E-state index contributed by atoms with van der Waals surface area (Å²) in [4.78, 5) is 5.29. The summed E-state index contributed by atoms with van der Waals surface area (Å²) in [5.41, 5.74) is 2.83. The zero-order valence-electron chi connectivity index (χ0n) is 15.9. The molecule has 1 aliphatic heterocycles. The van der Waals surface area contributed by atoms with Crippen LogP contribution in [0.25, 0.3) is 11.1 Å². The molecule has 2 heterocycles. The highest BCUT2D eigenvalue weighted by molar-refractivity contribution is 8.00. The quantitative estimate of drug-likeness (QED) is 0.788. The van der Waals surface area contributed by atoms with Gasteiger partial charge in [0.25, 0.3) is 0 Å². The molecule has 2 aromatic rings. The Hall–Kier alpha value is -1.80. The molecule has 2 heteroatoms. The van der Waals surface area contributed by atoms with Crippen LogP contribution in [0.5, 0.6) is 0 Å². The summed E-state index contributed by atoms with van der Waals surface area (Å²) < 4.78 is 38.3. The van der Waals surface area contributed by atoms with Crippen molar-refractivity contribution in [3.63, 3.8) is 0 Å². The lowest BCUT2D eigenvalue weighted by atomic mass is 9.99. The van der Waals surface area contributed by atoms with E-state index in [0.29, 0.717) is 12.0 Å². The van der Waals surface area contributed by atoms with Crippen LogP contribution in [0.2, 0.25) is 0 Å². The van der Waals surface area contributed by atoms with Gasteiger partial charge in [-0.2, -0.15) is 0 Å². The summed E-state index contributed by atoms with van der Waals surface area (Å²) in [6, 6.07) is 7.55. The Labute approximate surface area is 131 Å². The van der Waals surface area contributed by atoms with Crippen LogP contribution in [0.1, 0.15) is 30.1 Å². The average molecular weight is 284 g/mol. The van der Waals surface area contributed by atoms with E-state index in [2.05, 4.69) is 24.2 Å². The van der Waals surface area contributed by atoms with E-state index in [4.69, 9.17) is 6.85 Å². The number of aromatic nitrogens is 1. The van der Waals surface area contributed by atoms with Gasteiger partial charge in [0.2, 0.25) is 0 Å². The Bertz CT molecular complexity index is 872. The number of fused-ring (bicyclic) bond motifs is 1. The molecule has 1 aromatic heterocycles. The van der Waals surface area contributed by atoms with Gasteiger partial charge in [0.1, 0.15) is 0 Å². The number of rotatable bonds is 3. The van der Waals surface area contributed by atoms with E-state index in [9.17, 15) is 0 Å². The average Bonchev–Trinajstić information content (AvgIpc) is 2.85. The molecule has 1 aromatic carbocycles. The molecular weight excluding hydrogens is 262 g/mol. The van der Waals surface area contributed by atoms with Gasteiger partial charge in [-0.3, -0.25) is 4.98 Å². The van der Waals surface area contributed by atoms with Crippen LogP contribution in [0.4, 0.5) is 0 Å². The third-order valence-corrected chi connectivity index (χ3v) is 4.64. The van der Waals surface area contributed by atoms with E-state index in [1.54, 1.807) is 11.8 Å². The normalized spacial score (nSPS) is 21.3. The molecular formula is C18H17NS. The van der Waals surface area contributed by atoms with Gasteiger partial charge < -0.3 is 0 Å². The Morgan fingerprint density at radius 3 is 3.10 bits per heavy atom. The lowest BCUT2D eigenvalue weighted by molar-refractivity contribution is 1.10. The number of nitrogens with zero attached hydrogens (tertiary/aromatic N) is 1. The van der Waals surface area contributed by atoms with Crippen molar-refractivity contribution in [2.45, 2.75) is 23.4 Å². The minimum atomic E-state index is -2.45. The van der Waals surface area contributed by atoms with E-state index in [0.717, 1.165) is 11.1 Å². The third-order valence-electron chi connectivity index (χ3n) is 3.30. The van der Waals surface area contributed by atoms with Crippen LogP contribution in [0.15, 0.2) is 60.6 Å². The molecule has 20 heavy (non-hydrogen) atoms. The van der Waals surface area contributed by atoms with Gasteiger partial charge in [-0.25, -0.2) is 0 Å². The first-order valence-corrected chi connectivity index (χ1v) is 7.17. The van der Waals surface area contributed by atoms with E-state index in [1.807, 2.05) is 18.2 Å². The van der Waals surface area contributed by atoms with Crippen molar-refractivity contribution >= 4 is 22.9 Å². The van der Waals surface area contributed by atoms with Gasteiger partial charge in [0.05, 0.1) is 8.44 Å². The standard InChI is InChI=1S/C18H17NS/c1-12-8-9-16(19-11-12)13(2)10-18-14(3)15-6-4-5-7-17(15)20-18/h4-9,11,18H,2-3,10H2,1H3/i1D3,8D,9D. The number of hydrogen-bond acceptors (Lipinski definition) is 2. The Kier molecular flexibility index (Phi) is 2.24. The lowest BCUT2D eigenvalue weighted by Crippen LogP contribution is -2.01. The van der Waals surface area contributed by atoms with Gasteiger partial charge in [0.15, 0.2) is 0 Å². The number of allylic oxidation sites excluding steroid dienone is 1. The summed E-state index contributed by atoms with van der Waals surface area (Å²) in [6.45, 7) is 5.74. The van der Waals surface area contributed by atoms with Crippen LogP contribution >= 0.6 is 11.8 Å². The zero-order valence-corrected chi connectivity index (χ0v) is 11.8. The van der Waals surface area contributed by atoms with Crippen molar-refractivity contribution in [2.24, 2.45) is 0 Å².